The van der Waals surface area contributed by atoms with Crippen molar-refractivity contribution in [2.24, 2.45) is 4.99 Å². The zero-order valence-corrected chi connectivity index (χ0v) is 16.7. The number of nitrogens with zero attached hydrogens (tertiary/aromatic N) is 3. The molecule has 1 saturated heterocycles. The third-order valence-corrected chi connectivity index (χ3v) is 3.72. The van der Waals surface area contributed by atoms with Crippen molar-refractivity contribution in [2.75, 3.05) is 45.9 Å². The summed E-state index contributed by atoms with van der Waals surface area (Å²) in [5.74, 6) is 1.90. The van der Waals surface area contributed by atoms with Crippen LogP contribution < -0.4 is 10.1 Å². The van der Waals surface area contributed by atoms with Gasteiger partial charge < -0.3 is 19.9 Å². The Morgan fingerprint density at radius 1 is 1.17 bits per heavy atom. The molecule has 0 spiro atoms. The molecule has 134 valence electrons. The quantitative estimate of drug-likeness (QED) is 0.325. The number of amides is 1. The molecule has 0 aliphatic carbocycles. The predicted molar refractivity (Wildman–Crippen MR) is 107 cm³/mol. The third kappa shape index (κ3) is 6.54. The molecule has 24 heavy (non-hydrogen) atoms. The summed E-state index contributed by atoms with van der Waals surface area (Å²) >= 11 is 0. The van der Waals surface area contributed by atoms with Crippen molar-refractivity contribution >= 4 is 35.8 Å². The van der Waals surface area contributed by atoms with Crippen LogP contribution in [0.1, 0.15) is 13.8 Å². The molecule has 7 heteroatoms. The molecule has 0 atom stereocenters. The maximum atomic E-state index is 11.4. The highest BCUT2D eigenvalue weighted by Crippen LogP contribution is 2.08. The lowest BCUT2D eigenvalue weighted by Crippen LogP contribution is -2.53. The number of rotatable bonds is 5. The highest BCUT2D eigenvalue weighted by Gasteiger charge is 2.20. The number of aliphatic imine (C=N–C) groups is 1. The summed E-state index contributed by atoms with van der Waals surface area (Å²) in [6.07, 6.45) is 0. The van der Waals surface area contributed by atoms with Crippen molar-refractivity contribution < 1.29 is 9.53 Å². The lowest BCUT2D eigenvalue weighted by Gasteiger charge is -2.36. The second-order valence-corrected chi connectivity index (χ2v) is 5.39. The minimum atomic E-state index is 0. The fourth-order valence-electron chi connectivity index (χ4n) is 2.49. The Bertz CT molecular complexity index is 517. The van der Waals surface area contributed by atoms with Gasteiger partial charge in [0.2, 0.25) is 5.91 Å². The summed E-state index contributed by atoms with van der Waals surface area (Å²) in [5.41, 5.74) is 0. The van der Waals surface area contributed by atoms with E-state index in [0.29, 0.717) is 13.2 Å². The fourth-order valence-corrected chi connectivity index (χ4v) is 2.49. The van der Waals surface area contributed by atoms with Gasteiger partial charge in [0.15, 0.2) is 5.96 Å². The van der Waals surface area contributed by atoms with Gasteiger partial charge in [-0.25, -0.2) is 4.99 Å². The number of nitrogens with one attached hydrogen (secondary N) is 1. The van der Waals surface area contributed by atoms with Gasteiger partial charge in [0, 0.05) is 39.6 Å². The van der Waals surface area contributed by atoms with Crippen LogP contribution in [0.3, 0.4) is 0 Å². The van der Waals surface area contributed by atoms with Crippen LogP contribution in [0.15, 0.2) is 35.3 Å². The van der Waals surface area contributed by atoms with Crippen LogP contribution in [-0.2, 0) is 4.79 Å². The van der Waals surface area contributed by atoms with E-state index in [1.165, 1.54) is 0 Å². The molecule has 0 radical (unpaired) electrons. The first kappa shape index (κ1) is 20.5. The number of carbonyl (C=O) groups is 1. The van der Waals surface area contributed by atoms with Crippen LogP contribution in [0.5, 0.6) is 5.75 Å². The molecule has 0 saturated carbocycles. The first-order valence-electron chi connectivity index (χ1n) is 8.17. The zero-order valence-electron chi connectivity index (χ0n) is 14.4. The van der Waals surface area contributed by atoms with Crippen molar-refractivity contribution in [1.29, 1.82) is 0 Å². The van der Waals surface area contributed by atoms with E-state index < -0.39 is 0 Å². The van der Waals surface area contributed by atoms with E-state index in [2.05, 4.69) is 22.1 Å². The fraction of sp³-hybridized carbons (Fsp3) is 0.529. The topological polar surface area (TPSA) is 57.2 Å². The minimum Gasteiger partial charge on any atom is -0.492 e. The summed E-state index contributed by atoms with van der Waals surface area (Å²) in [4.78, 5) is 20.1. The van der Waals surface area contributed by atoms with Crippen LogP contribution in [0.2, 0.25) is 0 Å². The van der Waals surface area contributed by atoms with Gasteiger partial charge in [-0.05, 0) is 19.1 Å². The molecule has 0 aromatic heterocycles. The molecular weight excluding hydrogens is 419 g/mol. The van der Waals surface area contributed by atoms with E-state index in [0.717, 1.165) is 44.4 Å². The molecule has 2 rings (SSSR count). The smallest absolute Gasteiger partial charge is 0.219 e. The molecular formula is C17H27IN4O2. The molecule has 1 heterocycles. The number of hydrogen-bond acceptors (Lipinski definition) is 3. The van der Waals surface area contributed by atoms with E-state index in [4.69, 9.17) is 4.74 Å². The minimum absolute atomic E-state index is 0. The van der Waals surface area contributed by atoms with Crippen molar-refractivity contribution in [3.8, 4) is 5.75 Å². The number of guanidine groups is 1. The lowest BCUT2D eigenvalue weighted by atomic mass is 10.3. The normalized spacial score (nSPS) is 14.8. The highest BCUT2D eigenvalue weighted by molar-refractivity contribution is 14.0. The van der Waals surface area contributed by atoms with E-state index in [-0.39, 0.29) is 29.9 Å². The van der Waals surface area contributed by atoms with Gasteiger partial charge in [0.25, 0.3) is 0 Å². The molecule has 6 nitrogen and oxygen atoms in total. The number of para-hydroxylation sites is 1. The Balaban J connectivity index is 0.00000288. The van der Waals surface area contributed by atoms with Crippen molar-refractivity contribution in [1.82, 2.24) is 15.1 Å². The number of benzene rings is 1. The van der Waals surface area contributed by atoms with Gasteiger partial charge in [-0.15, -0.1) is 24.0 Å². The summed E-state index contributed by atoms with van der Waals surface area (Å²) in [6.45, 7) is 8.77. The molecule has 1 aromatic rings. The average Bonchev–Trinajstić information content (AvgIpc) is 2.58. The van der Waals surface area contributed by atoms with Gasteiger partial charge in [0.05, 0.1) is 6.54 Å². The largest absolute Gasteiger partial charge is 0.492 e. The molecule has 1 aromatic carbocycles. The van der Waals surface area contributed by atoms with E-state index in [1.54, 1.807) is 6.92 Å². The summed E-state index contributed by atoms with van der Waals surface area (Å²) in [6, 6.07) is 9.76. The second kappa shape index (κ2) is 11.1. The van der Waals surface area contributed by atoms with Crippen LogP contribution in [0, 0.1) is 0 Å². The summed E-state index contributed by atoms with van der Waals surface area (Å²) in [5, 5.41) is 3.31. The summed E-state index contributed by atoms with van der Waals surface area (Å²) in [7, 11) is 0. The van der Waals surface area contributed by atoms with Crippen molar-refractivity contribution in [3.63, 3.8) is 0 Å². The van der Waals surface area contributed by atoms with Gasteiger partial charge >= 0.3 is 0 Å². The molecule has 0 bridgehead atoms. The Morgan fingerprint density at radius 2 is 1.79 bits per heavy atom. The van der Waals surface area contributed by atoms with Crippen molar-refractivity contribution in [3.05, 3.63) is 30.3 Å². The number of hydrogen-bond donors (Lipinski definition) is 1. The molecule has 1 aliphatic rings. The maximum absolute atomic E-state index is 11.4. The maximum Gasteiger partial charge on any atom is 0.219 e. The number of ether oxygens (including phenoxy) is 1. The molecule has 1 fully saturated rings. The number of carbonyl (C=O) groups excluding carboxylic acids is 1. The highest BCUT2D eigenvalue weighted by atomic mass is 127. The average molecular weight is 446 g/mol. The SMILES string of the molecule is CCNC(=NCCOc1ccccc1)N1CCN(C(C)=O)CC1.I. The first-order chi connectivity index (χ1) is 11.2. The van der Waals surface area contributed by atoms with Crippen LogP contribution >= 0.6 is 24.0 Å². The third-order valence-electron chi connectivity index (χ3n) is 3.72. The monoisotopic (exact) mass is 446 g/mol. The van der Waals surface area contributed by atoms with Crippen molar-refractivity contribution in [2.45, 2.75) is 13.8 Å². The van der Waals surface area contributed by atoms with Gasteiger partial charge in [-0.2, -0.15) is 0 Å². The molecule has 1 aliphatic heterocycles. The Morgan fingerprint density at radius 3 is 2.38 bits per heavy atom. The zero-order chi connectivity index (χ0) is 16.5. The Hall–Kier alpha value is -1.51. The first-order valence-corrected chi connectivity index (χ1v) is 8.17. The van der Waals surface area contributed by atoms with Crippen LogP contribution in [-0.4, -0.2) is 67.5 Å². The van der Waals surface area contributed by atoms with Gasteiger partial charge in [-0.1, -0.05) is 18.2 Å². The number of piperazine rings is 1. The lowest BCUT2D eigenvalue weighted by molar-refractivity contribution is -0.130. The van der Waals surface area contributed by atoms with Crippen LogP contribution in [0.25, 0.3) is 0 Å². The molecule has 0 unspecified atom stereocenters. The predicted octanol–water partition coefficient (Wildman–Crippen LogP) is 1.81. The van der Waals surface area contributed by atoms with E-state index >= 15 is 0 Å². The Kier molecular flexibility index (Phi) is 9.51. The standard InChI is InChI=1S/C17H26N4O2.HI/c1-3-18-17(21-12-10-20(11-13-21)15(2)22)19-9-14-23-16-7-5-4-6-8-16;/h4-8H,3,9-14H2,1-2H3,(H,18,19);1H. The Labute approximate surface area is 161 Å². The molecule has 1 N–H and O–H groups in total. The van der Waals surface area contributed by atoms with E-state index in [1.807, 2.05) is 35.2 Å². The number of halogens is 1. The van der Waals surface area contributed by atoms with Gasteiger partial charge in [-0.3, -0.25) is 4.79 Å². The molecule has 1 amide bonds. The van der Waals surface area contributed by atoms with E-state index in [9.17, 15) is 4.79 Å². The summed E-state index contributed by atoms with van der Waals surface area (Å²) < 4.78 is 5.66. The van der Waals surface area contributed by atoms with Crippen LogP contribution in [0.4, 0.5) is 0 Å². The second-order valence-electron chi connectivity index (χ2n) is 5.39. The van der Waals surface area contributed by atoms with Gasteiger partial charge in [0.1, 0.15) is 12.4 Å².